The van der Waals surface area contributed by atoms with Crippen molar-refractivity contribution >= 4 is 16.0 Å². The molecule has 1 fully saturated rings. The largest absolute Gasteiger partial charge is 0.488 e. The predicted molar refractivity (Wildman–Crippen MR) is 91.7 cm³/mol. The molecule has 0 spiro atoms. The monoisotopic (exact) mass is 375 g/mol. The van der Waals surface area contributed by atoms with Gasteiger partial charge < -0.3 is 14.9 Å². The fourth-order valence-electron chi connectivity index (χ4n) is 3.78. The minimum absolute atomic E-state index is 0.0380. The average molecular weight is 375 g/mol. The van der Waals surface area contributed by atoms with Crippen molar-refractivity contribution in [3.05, 3.63) is 59.7 Å². The van der Waals surface area contributed by atoms with Crippen molar-refractivity contribution in [2.45, 2.75) is 35.5 Å². The number of aromatic carboxylic acids is 1. The van der Waals surface area contributed by atoms with Crippen LogP contribution in [0.5, 0.6) is 5.75 Å². The number of ether oxygens (including phenoxy) is 1. The molecule has 0 bridgehead atoms. The van der Waals surface area contributed by atoms with Crippen LogP contribution >= 0.6 is 0 Å². The lowest BCUT2D eigenvalue weighted by Gasteiger charge is -2.22. The number of hydrogen-bond donors (Lipinski definition) is 3. The van der Waals surface area contributed by atoms with Gasteiger partial charge in [0.2, 0.25) is 10.0 Å². The Morgan fingerprint density at radius 2 is 1.85 bits per heavy atom. The molecule has 1 heterocycles. The van der Waals surface area contributed by atoms with E-state index in [2.05, 4.69) is 4.72 Å². The summed E-state index contributed by atoms with van der Waals surface area (Å²) in [6, 6.07) is 11.9. The molecular weight excluding hydrogens is 358 g/mol. The van der Waals surface area contributed by atoms with Gasteiger partial charge in [0, 0.05) is 17.9 Å². The number of carboxylic acids is 1. The van der Waals surface area contributed by atoms with E-state index in [1.807, 2.05) is 0 Å². The first kappa shape index (κ1) is 17.0. The van der Waals surface area contributed by atoms with Gasteiger partial charge in [-0.25, -0.2) is 17.9 Å². The number of aliphatic hydroxyl groups excluding tert-OH is 1. The molecule has 4 rings (SSSR count). The van der Waals surface area contributed by atoms with Crippen molar-refractivity contribution in [1.29, 1.82) is 0 Å². The summed E-state index contributed by atoms with van der Waals surface area (Å²) < 4.78 is 33.7. The summed E-state index contributed by atoms with van der Waals surface area (Å²) >= 11 is 0. The second-order valence-electron chi connectivity index (χ2n) is 6.47. The van der Waals surface area contributed by atoms with Crippen molar-refractivity contribution < 1.29 is 28.2 Å². The number of carbonyl (C=O) groups is 1. The highest BCUT2D eigenvalue weighted by Crippen LogP contribution is 2.48. The maximum absolute atomic E-state index is 12.7. The summed E-state index contributed by atoms with van der Waals surface area (Å²) in [5.74, 6) is -1.30. The van der Waals surface area contributed by atoms with Crippen LogP contribution < -0.4 is 9.46 Å². The molecule has 2 aromatic carbocycles. The molecule has 1 aliphatic heterocycles. The molecule has 4 atom stereocenters. The van der Waals surface area contributed by atoms with Crippen molar-refractivity contribution in [2.75, 3.05) is 0 Å². The molecule has 2 aliphatic rings. The number of hydrogen-bond acceptors (Lipinski definition) is 5. The minimum Gasteiger partial charge on any atom is -0.488 e. The third-order valence-corrected chi connectivity index (χ3v) is 6.40. The third kappa shape index (κ3) is 2.66. The van der Waals surface area contributed by atoms with E-state index in [0.29, 0.717) is 5.56 Å². The molecule has 136 valence electrons. The summed E-state index contributed by atoms with van der Waals surface area (Å²) in [6.45, 7) is 0. The van der Waals surface area contributed by atoms with Gasteiger partial charge in [-0.15, -0.1) is 0 Å². The Balaban J connectivity index is 1.70. The normalized spacial score (nSPS) is 26.8. The zero-order valence-corrected chi connectivity index (χ0v) is 14.4. The Labute approximate surface area is 150 Å². The van der Waals surface area contributed by atoms with Gasteiger partial charge in [0.25, 0.3) is 0 Å². The van der Waals surface area contributed by atoms with Gasteiger partial charge in [0.1, 0.15) is 17.4 Å². The molecular formula is C18H17NO6S. The van der Waals surface area contributed by atoms with Crippen LogP contribution in [-0.2, 0) is 10.0 Å². The van der Waals surface area contributed by atoms with Crippen LogP contribution in [0.25, 0.3) is 0 Å². The molecule has 2 aromatic rings. The van der Waals surface area contributed by atoms with Crippen LogP contribution in [-0.4, -0.2) is 42.8 Å². The molecule has 26 heavy (non-hydrogen) atoms. The van der Waals surface area contributed by atoms with Gasteiger partial charge in [-0.3, -0.25) is 0 Å². The van der Waals surface area contributed by atoms with Crippen molar-refractivity contribution in [3.8, 4) is 5.75 Å². The average Bonchev–Trinajstić information content (AvgIpc) is 3.11. The number of rotatable bonds is 4. The summed E-state index contributed by atoms with van der Waals surface area (Å²) in [6.07, 6.45) is -1.17. The number of carboxylic acid groups (broad SMARTS) is 1. The SMILES string of the molecule is O=C(O)c1cccc2c1OC1CC(O)C(NS(=O)(=O)c3ccccc3)C21. The fourth-order valence-corrected chi connectivity index (χ4v) is 5.10. The van der Waals surface area contributed by atoms with Gasteiger partial charge >= 0.3 is 5.97 Å². The number of fused-ring (bicyclic) bond motifs is 3. The molecule has 0 radical (unpaired) electrons. The maximum Gasteiger partial charge on any atom is 0.339 e. The van der Waals surface area contributed by atoms with Gasteiger partial charge in [-0.05, 0) is 18.2 Å². The van der Waals surface area contributed by atoms with E-state index in [1.165, 1.54) is 18.2 Å². The lowest BCUT2D eigenvalue weighted by atomic mass is 9.93. The molecule has 0 saturated heterocycles. The predicted octanol–water partition coefficient (Wildman–Crippen LogP) is 1.34. The van der Waals surface area contributed by atoms with E-state index in [9.17, 15) is 23.4 Å². The molecule has 8 heteroatoms. The number of aliphatic hydroxyl groups is 1. The topological polar surface area (TPSA) is 113 Å². The summed E-state index contributed by atoms with van der Waals surface area (Å²) in [5.41, 5.74) is 0.642. The van der Waals surface area contributed by atoms with Crippen LogP contribution in [0.2, 0.25) is 0 Å². The zero-order valence-electron chi connectivity index (χ0n) is 13.6. The number of benzene rings is 2. The van der Waals surface area contributed by atoms with Crippen LogP contribution in [0.4, 0.5) is 0 Å². The molecule has 0 amide bonds. The Hall–Kier alpha value is -2.42. The van der Waals surface area contributed by atoms with Crippen LogP contribution in [0.15, 0.2) is 53.4 Å². The molecule has 0 aromatic heterocycles. The van der Waals surface area contributed by atoms with Gasteiger partial charge in [0.05, 0.1) is 17.0 Å². The quantitative estimate of drug-likeness (QED) is 0.743. The Bertz CT molecular complexity index is 959. The molecule has 1 saturated carbocycles. The lowest BCUT2D eigenvalue weighted by Crippen LogP contribution is -2.43. The van der Waals surface area contributed by atoms with E-state index in [4.69, 9.17) is 4.74 Å². The van der Waals surface area contributed by atoms with Gasteiger partial charge in [0.15, 0.2) is 0 Å². The van der Waals surface area contributed by atoms with Crippen molar-refractivity contribution in [3.63, 3.8) is 0 Å². The highest BCUT2D eigenvalue weighted by Gasteiger charge is 2.51. The highest BCUT2D eigenvalue weighted by molar-refractivity contribution is 7.89. The van der Waals surface area contributed by atoms with Gasteiger partial charge in [-0.1, -0.05) is 30.3 Å². The zero-order chi connectivity index (χ0) is 18.5. The number of nitrogens with one attached hydrogen (secondary N) is 1. The fraction of sp³-hybridized carbons (Fsp3) is 0.278. The second kappa shape index (κ2) is 6.08. The summed E-state index contributed by atoms with van der Waals surface area (Å²) in [5, 5.41) is 19.7. The lowest BCUT2D eigenvalue weighted by molar-refractivity contribution is 0.0690. The third-order valence-electron chi connectivity index (χ3n) is 4.92. The van der Waals surface area contributed by atoms with Crippen molar-refractivity contribution in [2.24, 2.45) is 0 Å². The summed E-state index contributed by atoms with van der Waals surface area (Å²) in [7, 11) is -3.83. The number of sulfonamides is 1. The summed E-state index contributed by atoms with van der Waals surface area (Å²) in [4.78, 5) is 11.5. The molecule has 4 unspecified atom stereocenters. The van der Waals surface area contributed by atoms with E-state index < -0.39 is 40.2 Å². The Morgan fingerprint density at radius 1 is 1.12 bits per heavy atom. The maximum atomic E-state index is 12.7. The second-order valence-corrected chi connectivity index (χ2v) is 8.19. The Morgan fingerprint density at radius 3 is 2.54 bits per heavy atom. The van der Waals surface area contributed by atoms with Crippen LogP contribution in [0, 0.1) is 0 Å². The first-order chi connectivity index (χ1) is 12.4. The molecule has 7 nitrogen and oxygen atoms in total. The first-order valence-electron chi connectivity index (χ1n) is 8.17. The van der Waals surface area contributed by atoms with Crippen LogP contribution in [0.3, 0.4) is 0 Å². The Kier molecular flexibility index (Phi) is 3.98. The molecule has 3 N–H and O–H groups in total. The van der Waals surface area contributed by atoms with Gasteiger partial charge in [-0.2, -0.15) is 0 Å². The smallest absolute Gasteiger partial charge is 0.339 e. The van der Waals surface area contributed by atoms with E-state index >= 15 is 0 Å². The van der Waals surface area contributed by atoms with Crippen LogP contribution in [0.1, 0.15) is 28.3 Å². The first-order valence-corrected chi connectivity index (χ1v) is 9.65. The molecule has 1 aliphatic carbocycles. The standard InChI is InChI=1S/C18H17NO6S/c20-13-9-14-15(11-7-4-8-12(18(21)22)17(11)25-14)16(13)19-26(23,24)10-5-2-1-3-6-10/h1-8,13-16,19-20H,9H2,(H,21,22). The van der Waals surface area contributed by atoms with Crippen molar-refractivity contribution in [1.82, 2.24) is 4.72 Å². The van der Waals surface area contributed by atoms with E-state index in [0.717, 1.165) is 0 Å². The highest BCUT2D eigenvalue weighted by atomic mass is 32.2. The van der Waals surface area contributed by atoms with E-state index in [1.54, 1.807) is 30.3 Å². The van der Waals surface area contributed by atoms with E-state index in [-0.39, 0.29) is 22.6 Å². The number of para-hydroxylation sites is 1. The minimum atomic E-state index is -3.83.